The van der Waals surface area contributed by atoms with Crippen LogP contribution < -0.4 is 11.1 Å². The molecule has 1 atom stereocenters. The molecule has 54 valence electrons. The highest BCUT2D eigenvalue weighted by molar-refractivity contribution is 7.99. The van der Waals surface area contributed by atoms with E-state index in [0.29, 0.717) is 0 Å². The molecule has 0 heterocycles. The number of hydrogen-bond donors (Lipinski definition) is 3. The first-order valence-corrected chi connectivity index (χ1v) is 3.67. The minimum Gasteiger partial charge on any atom is -0.381 e. The third kappa shape index (κ3) is 3.34. The second-order valence-electron chi connectivity index (χ2n) is 1.38. The fraction of sp³-hybridized carbons (Fsp3) is 0.750. The monoisotopic (exact) mass is 150 g/mol. The number of hydrogen-bond acceptors (Lipinski definition) is 4. The van der Waals surface area contributed by atoms with Crippen molar-refractivity contribution >= 4 is 17.7 Å². The molecule has 0 rings (SSSR count). The SMILES string of the molecule is CS[C@H](NCO)C(N)=O. The van der Waals surface area contributed by atoms with Gasteiger partial charge in [-0.1, -0.05) is 0 Å². The zero-order valence-corrected chi connectivity index (χ0v) is 5.94. The normalized spacial score (nSPS) is 13.1. The van der Waals surface area contributed by atoms with E-state index in [0.717, 1.165) is 0 Å². The van der Waals surface area contributed by atoms with Gasteiger partial charge in [-0.15, -0.1) is 11.8 Å². The molecule has 0 aromatic carbocycles. The Morgan fingerprint density at radius 3 is 2.67 bits per heavy atom. The van der Waals surface area contributed by atoms with Crippen molar-refractivity contribution in [3.63, 3.8) is 0 Å². The maximum absolute atomic E-state index is 10.3. The van der Waals surface area contributed by atoms with E-state index >= 15 is 0 Å². The highest BCUT2D eigenvalue weighted by Gasteiger charge is 2.10. The number of aliphatic hydroxyl groups is 1. The Kier molecular flexibility index (Phi) is 4.47. The molecule has 9 heavy (non-hydrogen) atoms. The van der Waals surface area contributed by atoms with Crippen LogP contribution in [0.4, 0.5) is 0 Å². The van der Waals surface area contributed by atoms with Crippen molar-refractivity contribution in [2.45, 2.75) is 5.37 Å². The van der Waals surface area contributed by atoms with E-state index < -0.39 is 11.3 Å². The Bertz CT molecular complexity index is 98.6. The van der Waals surface area contributed by atoms with Crippen molar-refractivity contribution in [3.05, 3.63) is 0 Å². The summed E-state index contributed by atoms with van der Waals surface area (Å²) in [5.74, 6) is -0.462. The highest BCUT2D eigenvalue weighted by atomic mass is 32.2. The summed E-state index contributed by atoms with van der Waals surface area (Å²) in [5, 5.41) is 10.3. The van der Waals surface area contributed by atoms with E-state index in [2.05, 4.69) is 5.32 Å². The number of aliphatic hydroxyl groups excluding tert-OH is 1. The van der Waals surface area contributed by atoms with E-state index in [1.54, 1.807) is 6.26 Å². The van der Waals surface area contributed by atoms with Gasteiger partial charge >= 0.3 is 0 Å². The first-order chi connectivity index (χ1) is 4.22. The molecule has 0 aromatic heterocycles. The van der Waals surface area contributed by atoms with Crippen molar-refractivity contribution in [1.82, 2.24) is 5.32 Å². The lowest BCUT2D eigenvalue weighted by molar-refractivity contribution is -0.118. The topological polar surface area (TPSA) is 75.3 Å². The summed E-state index contributed by atoms with van der Waals surface area (Å²) in [5.41, 5.74) is 4.90. The van der Waals surface area contributed by atoms with Gasteiger partial charge in [-0.3, -0.25) is 10.1 Å². The average Bonchev–Trinajstić information content (AvgIpc) is 1.82. The molecule has 4 N–H and O–H groups in total. The third-order valence-corrected chi connectivity index (χ3v) is 1.64. The lowest BCUT2D eigenvalue weighted by atomic mass is 10.6. The van der Waals surface area contributed by atoms with Gasteiger partial charge in [-0.2, -0.15) is 0 Å². The smallest absolute Gasteiger partial charge is 0.245 e. The third-order valence-electron chi connectivity index (χ3n) is 0.771. The molecule has 4 nitrogen and oxygen atoms in total. The fourth-order valence-electron chi connectivity index (χ4n) is 0.383. The summed E-state index contributed by atoms with van der Waals surface area (Å²) >= 11 is 1.26. The molecule has 0 aliphatic heterocycles. The molecular weight excluding hydrogens is 140 g/mol. The minimum atomic E-state index is -0.477. The molecule has 0 aliphatic carbocycles. The van der Waals surface area contributed by atoms with E-state index in [-0.39, 0.29) is 6.73 Å². The van der Waals surface area contributed by atoms with Crippen molar-refractivity contribution in [3.8, 4) is 0 Å². The molecular formula is C4H10N2O2S. The number of nitrogens with two attached hydrogens (primary N) is 1. The summed E-state index contributed by atoms with van der Waals surface area (Å²) in [7, 11) is 0. The van der Waals surface area contributed by atoms with E-state index in [1.807, 2.05) is 0 Å². The van der Waals surface area contributed by atoms with Crippen LogP contribution in [0.5, 0.6) is 0 Å². The summed E-state index contributed by atoms with van der Waals surface area (Å²) in [4.78, 5) is 10.3. The molecule has 1 amide bonds. The van der Waals surface area contributed by atoms with Gasteiger partial charge < -0.3 is 10.8 Å². The predicted molar refractivity (Wildman–Crippen MR) is 36.7 cm³/mol. The first kappa shape index (κ1) is 8.74. The molecule has 0 spiro atoms. The molecule has 0 saturated heterocycles. The van der Waals surface area contributed by atoms with Crippen LogP contribution in [-0.4, -0.2) is 29.4 Å². The van der Waals surface area contributed by atoms with Crippen LogP contribution in [0, 0.1) is 0 Å². The van der Waals surface area contributed by atoms with E-state index in [1.165, 1.54) is 11.8 Å². The maximum Gasteiger partial charge on any atom is 0.245 e. The Balaban J connectivity index is 3.54. The number of nitrogens with one attached hydrogen (secondary N) is 1. The van der Waals surface area contributed by atoms with Gasteiger partial charge in [0.15, 0.2) is 0 Å². The number of carbonyl (C=O) groups is 1. The zero-order valence-electron chi connectivity index (χ0n) is 5.13. The van der Waals surface area contributed by atoms with Crippen LogP contribution in [-0.2, 0) is 4.79 Å². The second kappa shape index (κ2) is 4.60. The summed E-state index contributed by atoms with van der Waals surface area (Å²) in [6, 6.07) is 0. The summed E-state index contributed by atoms with van der Waals surface area (Å²) < 4.78 is 0. The first-order valence-electron chi connectivity index (χ1n) is 2.38. The molecule has 5 heteroatoms. The van der Waals surface area contributed by atoms with Crippen molar-refractivity contribution in [1.29, 1.82) is 0 Å². The number of thioether (sulfide) groups is 1. The summed E-state index contributed by atoms with van der Waals surface area (Å²) in [6.45, 7) is -0.228. The Labute approximate surface area is 57.8 Å². The van der Waals surface area contributed by atoms with Crippen molar-refractivity contribution in [2.24, 2.45) is 5.73 Å². The van der Waals surface area contributed by atoms with E-state index in [9.17, 15) is 4.79 Å². The predicted octanol–water partition coefficient (Wildman–Crippen LogP) is -1.30. The molecule has 0 saturated carbocycles. The van der Waals surface area contributed by atoms with Crippen LogP contribution in [0.3, 0.4) is 0 Å². The molecule has 0 fully saturated rings. The lowest BCUT2D eigenvalue weighted by Crippen LogP contribution is -2.38. The lowest BCUT2D eigenvalue weighted by Gasteiger charge is -2.08. The Hall–Kier alpha value is -0.260. The number of rotatable bonds is 4. The average molecular weight is 150 g/mol. The number of amides is 1. The highest BCUT2D eigenvalue weighted by Crippen LogP contribution is 1.99. The van der Waals surface area contributed by atoms with Gasteiger partial charge in [0.1, 0.15) is 5.37 Å². The quantitative estimate of drug-likeness (QED) is 0.435. The molecule has 0 unspecified atom stereocenters. The van der Waals surface area contributed by atoms with E-state index in [4.69, 9.17) is 10.8 Å². The van der Waals surface area contributed by atoms with Gasteiger partial charge in [0.25, 0.3) is 0 Å². The van der Waals surface area contributed by atoms with Crippen LogP contribution in [0.15, 0.2) is 0 Å². The standard InChI is InChI=1S/C4H10N2O2S/c1-9-4(3(5)8)6-2-7/h4,6-7H,2H2,1H3,(H2,5,8)/t4-/m0/s1. The van der Waals surface area contributed by atoms with Gasteiger partial charge in [0.05, 0.1) is 6.73 Å². The minimum absolute atomic E-state index is 0.228. The van der Waals surface area contributed by atoms with Gasteiger partial charge in [-0.05, 0) is 6.26 Å². The Morgan fingerprint density at radius 2 is 2.56 bits per heavy atom. The molecule has 0 aromatic rings. The molecule has 0 bridgehead atoms. The molecule has 0 radical (unpaired) electrons. The number of carbonyl (C=O) groups excluding carboxylic acids is 1. The van der Waals surface area contributed by atoms with Crippen LogP contribution in [0.1, 0.15) is 0 Å². The van der Waals surface area contributed by atoms with Gasteiger partial charge in [-0.25, -0.2) is 0 Å². The second-order valence-corrected chi connectivity index (χ2v) is 2.32. The maximum atomic E-state index is 10.3. The fourth-order valence-corrected chi connectivity index (χ4v) is 0.857. The van der Waals surface area contributed by atoms with Gasteiger partial charge in [0.2, 0.25) is 5.91 Å². The van der Waals surface area contributed by atoms with Gasteiger partial charge in [0, 0.05) is 0 Å². The molecule has 0 aliphatic rings. The van der Waals surface area contributed by atoms with Crippen LogP contribution in [0.25, 0.3) is 0 Å². The van der Waals surface area contributed by atoms with Crippen molar-refractivity contribution in [2.75, 3.05) is 13.0 Å². The Morgan fingerprint density at radius 1 is 2.00 bits per heavy atom. The van der Waals surface area contributed by atoms with Crippen LogP contribution >= 0.6 is 11.8 Å². The van der Waals surface area contributed by atoms with Crippen LogP contribution in [0.2, 0.25) is 0 Å². The zero-order chi connectivity index (χ0) is 7.28. The summed E-state index contributed by atoms with van der Waals surface area (Å²) in [6.07, 6.45) is 1.73. The van der Waals surface area contributed by atoms with Crippen molar-refractivity contribution < 1.29 is 9.90 Å². The number of primary amides is 1. The largest absolute Gasteiger partial charge is 0.381 e.